The van der Waals surface area contributed by atoms with E-state index in [-0.39, 0.29) is 3.42 Å². The van der Waals surface area contributed by atoms with Crippen molar-refractivity contribution in [2.75, 3.05) is 5.75 Å². The molecule has 0 saturated carbocycles. The highest BCUT2D eigenvalue weighted by atomic mass is 127. The molecule has 1 heterocycles. The third-order valence-corrected chi connectivity index (χ3v) is 4.06. The van der Waals surface area contributed by atoms with E-state index < -0.39 is 0 Å². The predicted molar refractivity (Wildman–Crippen MR) is 75.8 cm³/mol. The molecule has 0 aliphatic carbocycles. The van der Waals surface area contributed by atoms with Gasteiger partial charge in [0.05, 0.1) is 0 Å². The van der Waals surface area contributed by atoms with Crippen molar-refractivity contribution in [3.05, 3.63) is 11.8 Å². The van der Waals surface area contributed by atoms with Gasteiger partial charge in [0.1, 0.15) is 5.03 Å². The molecule has 1 aromatic rings. The molecule has 0 aromatic carbocycles. The van der Waals surface area contributed by atoms with Gasteiger partial charge in [0, 0.05) is 20.9 Å². The van der Waals surface area contributed by atoms with Crippen LogP contribution in [0.15, 0.2) is 11.2 Å². The summed E-state index contributed by atoms with van der Waals surface area (Å²) in [6.45, 7) is 11.2. The number of hydrogen-bond acceptors (Lipinski definition) is 2. The van der Waals surface area contributed by atoms with Crippen molar-refractivity contribution >= 4 is 34.4 Å². The molecular formula is C11H19IN2S. The molecule has 1 N–H and O–H groups in total. The lowest BCUT2D eigenvalue weighted by molar-refractivity contribution is 0.480. The van der Waals surface area contributed by atoms with Crippen LogP contribution in [0.4, 0.5) is 0 Å². The molecular weight excluding hydrogens is 319 g/mol. The van der Waals surface area contributed by atoms with E-state index in [0.717, 1.165) is 10.8 Å². The summed E-state index contributed by atoms with van der Waals surface area (Å²) in [6.07, 6.45) is 2.01. The predicted octanol–water partition coefficient (Wildman–Crippen LogP) is 4.22. The molecule has 86 valence electrons. The molecule has 1 rings (SSSR count). The van der Waals surface area contributed by atoms with E-state index in [0.29, 0.717) is 5.41 Å². The maximum atomic E-state index is 4.32. The van der Waals surface area contributed by atoms with E-state index in [1.165, 1.54) is 5.56 Å². The number of H-pyrrole nitrogens is 1. The minimum absolute atomic E-state index is 0.144. The van der Waals surface area contributed by atoms with Crippen molar-refractivity contribution in [1.82, 2.24) is 10.2 Å². The van der Waals surface area contributed by atoms with Crippen LogP contribution >= 0.6 is 34.4 Å². The van der Waals surface area contributed by atoms with Gasteiger partial charge < -0.3 is 0 Å². The molecule has 0 saturated heterocycles. The number of nitrogens with one attached hydrogen (secondary N) is 1. The summed E-state index contributed by atoms with van der Waals surface area (Å²) in [6, 6.07) is 0. The molecule has 0 radical (unpaired) electrons. The number of thioether (sulfide) groups is 1. The largest absolute Gasteiger partial charge is 0.284 e. The van der Waals surface area contributed by atoms with E-state index in [1.54, 1.807) is 0 Å². The molecule has 0 atom stereocenters. The van der Waals surface area contributed by atoms with Gasteiger partial charge in [0.2, 0.25) is 0 Å². The maximum Gasteiger partial charge on any atom is 0.122 e. The fourth-order valence-electron chi connectivity index (χ4n) is 1.10. The van der Waals surface area contributed by atoms with Crippen molar-refractivity contribution < 1.29 is 0 Å². The Balaban J connectivity index is 2.75. The standard InChI is InChI=1S/C11H19IN2S/c1-10(2,3)7-15-9-8(6-13-14-9)11(4,5)12/h6H,7H2,1-5H3,(H,13,14). The highest BCUT2D eigenvalue weighted by Crippen LogP contribution is 2.37. The molecule has 2 nitrogen and oxygen atoms in total. The van der Waals surface area contributed by atoms with E-state index in [9.17, 15) is 0 Å². The molecule has 0 fully saturated rings. The monoisotopic (exact) mass is 338 g/mol. The summed E-state index contributed by atoms with van der Waals surface area (Å²) in [7, 11) is 0. The molecule has 0 amide bonds. The fourth-order valence-corrected chi connectivity index (χ4v) is 2.85. The lowest BCUT2D eigenvalue weighted by atomic mass is 10.0. The van der Waals surface area contributed by atoms with E-state index in [2.05, 4.69) is 67.4 Å². The highest BCUT2D eigenvalue weighted by Gasteiger charge is 2.23. The molecule has 0 aliphatic rings. The molecule has 4 heteroatoms. The van der Waals surface area contributed by atoms with Crippen molar-refractivity contribution in [1.29, 1.82) is 0 Å². The summed E-state index contributed by atoms with van der Waals surface area (Å²) >= 11 is 4.29. The summed E-state index contributed by atoms with van der Waals surface area (Å²) in [5.74, 6) is 1.09. The third kappa shape index (κ3) is 4.34. The van der Waals surface area contributed by atoms with E-state index in [4.69, 9.17) is 0 Å². The van der Waals surface area contributed by atoms with Crippen LogP contribution in [0, 0.1) is 5.41 Å². The number of nitrogens with zero attached hydrogens (tertiary/aromatic N) is 1. The van der Waals surface area contributed by atoms with Gasteiger partial charge in [-0.15, -0.1) is 11.8 Å². The van der Waals surface area contributed by atoms with Crippen LogP contribution < -0.4 is 0 Å². The number of hydrogen-bond donors (Lipinski definition) is 1. The molecule has 1 aromatic heterocycles. The van der Waals surface area contributed by atoms with Crippen LogP contribution in [-0.2, 0) is 3.42 Å². The van der Waals surface area contributed by atoms with E-state index in [1.807, 2.05) is 18.0 Å². The Morgan fingerprint density at radius 1 is 1.33 bits per heavy atom. The van der Waals surface area contributed by atoms with Crippen molar-refractivity contribution in [2.24, 2.45) is 5.41 Å². The zero-order chi connectivity index (χ0) is 11.7. The van der Waals surface area contributed by atoms with Crippen LogP contribution in [-0.4, -0.2) is 16.0 Å². The van der Waals surface area contributed by atoms with Gasteiger partial charge in [-0.25, -0.2) is 0 Å². The molecule has 0 spiro atoms. The highest BCUT2D eigenvalue weighted by molar-refractivity contribution is 14.1. The molecule has 0 aliphatic heterocycles. The number of aromatic nitrogens is 2. The Bertz CT molecular complexity index is 320. The van der Waals surface area contributed by atoms with Crippen LogP contribution in [0.5, 0.6) is 0 Å². The Hall–Kier alpha value is 0.290. The van der Waals surface area contributed by atoms with Gasteiger partial charge in [0.15, 0.2) is 0 Å². The molecule has 0 unspecified atom stereocenters. The number of alkyl halides is 1. The van der Waals surface area contributed by atoms with Gasteiger partial charge in [-0.3, -0.25) is 5.10 Å². The molecule has 15 heavy (non-hydrogen) atoms. The number of rotatable bonds is 3. The number of aromatic amines is 1. The fraction of sp³-hybridized carbons (Fsp3) is 0.727. The first-order chi connectivity index (χ1) is 6.70. The second kappa shape index (κ2) is 4.65. The first kappa shape index (κ1) is 13.4. The van der Waals surface area contributed by atoms with Crippen LogP contribution in [0.25, 0.3) is 0 Å². The topological polar surface area (TPSA) is 28.7 Å². The summed E-state index contributed by atoms with van der Waals surface area (Å²) < 4.78 is 0.144. The minimum Gasteiger partial charge on any atom is -0.284 e. The van der Waals surface area contributed by atoms with Gasteiger partial charge in [0.25, 0.3) is 0 Å². The van der Waals surface area contributed by atoms with Gasteiger partial charge in [-0.2, -0.15) is 5.10 Å². The first-order valence-electron chi connectivity index (χ1n) is 5.06. The van der Waals surface area contributed by atoms with Crippen LogP contribution in [0.2, 0.25) is 0 Å². The quantitative estimate of drug-likeness (QED) is 0.508. The van der Waals surface area contributed by atoms with Gasteiger partial charge in [-0.05, 0) is 19.3 Å². The third-order valence-electron chi connectivity index (χ3n) is 1.89. The Morgan fingerprint density at radius 3 is 2.40 bits per heavy atom. The average Bonchev–Trinajstić information content (AvgIpc) is 2.45. The lowest BCUT2D eigenvalue weighted by Gasteiger charge is -2.19. The van der Waals surface area contributed by atoms with Crippen molar-refractivity contribution in [3.63, 3.8) is 0 Å². The minimum atomic E-state index is 0.144. The van der Waals surface area contributed by atoms with Gasteiger partial charge >= 0.3 is 0 Å². The normalized spacial score (nSPS) is 13.2. The zero-order valence-corrected chi connectivity index (χ0v) is 13.0. The Labute approximate surface area is 110 Å². The van der Waals surface area contributed by atoms with Crippen LogP contribution in [0.1, 0.15) is 40.2 Å². The van der Waals surface area contributed by atoms with Crippen molar-refractivity contribution in [2.45, 2.75) is 43.1 Å². The van der Waals surface area contributed by atoms with E-state index >= 15 is 0 Å². The first-order valence-corrected chi connectivity index (χ1v) is 7.12. The zero-order valence-electron chi connectivity index (χ0n) is 10.0. The Morgan fingerprint density at radius 2 is 1.93 bits per heavy atom. The average molecular weight is 338 g/mol. The summed E-state index contributed by atoms with van der Waals surface area (Å²) in [5, 5.41) is 8.43. The van der Waals surface area contributed by atoms with Gasteiger partial charge in [-0.1, -0.05) is 43.4 Å². The number of halogens is 1. The molecule has 0 bridgehead atoms. The van der Waals surface area contributed by atoms with Crippen molar-refractivity contribution in [3.8, 4) is 0 Å². The summed E-state index contributed by atoms with van der Waals surface area (Å²) in [5.41, 5.74) is 1.65. The second-order valence-corrected chi connectivity index (χ2v) is 9.09. The second-order valence-electron chi connectivity index (χ2n) is 5.43. The smallest absolute Gasteiger partial charge is 0.122 e. The van der Waals surface area contributed by atoms with Crippen LogP contribution in [0.3, 0.4) is 0 Å². The summed E-state index contributed by atoms with van der Waals surface area (Å²) in [4.78, 5) is 0. The SMILES string of the molecule is CC(C)(C)CSc1n[nH]cc1C(C)(C)I. The Kier molecular flexibility index (Phi) is 4.14. The lowest BCUT2D eigenvalue weighted by Crippen LogP contribution is -2.10. The maximum absolute atomic E-state index is 4.32.